The fraction of sp³-hybridized carbons (Fsp3) is 0.474. The summed E-state index contributed by atoms with van der Waals surface area (Å²) in [5.41, 5.74) is 0.990. The zero-order chi connectivity index (χ0) is 19.8. The predicted octanol–water partition coefficient (Wildman–Crippen LogP) is 2.16. The zero-order valence-corrected chi connectivity index (χ0v) is 17.4. The van der Waals surface area contributed by atoms with Crippen molar-refractivity contribution < 1.29 is 14.6 Å². The molecular weight excluding hydrogens is 378 g/mol. The highest BCUT2D eigenvalue weighted by Crippen LogP contribution is 2.43. The first-order valence-electron chi connectivity index (χ1n) is 9.21. The Kier molecular flexibility index (Phi) is 5.13. The number of hydrogen-bond donors (Lipinski definition) is 1. The minimum absolute atomic E-state index is 0.141. The van der Waals surface area contributed by atoms with Crippen LogP contribution in [-0.4, -0.2) is 77.0 Å². The van der Waals surface area contributed by atoms with Gasteiger partial charge in [-0.2, -0.15) is 4.52 Å². The van der Waals surface area contributed by atoms with Gasteiger partial charge in [0.25, 0.3) is 0 Å². The molecule has 1 aliphatic rings. The number of ether oxygens (including phenoxy) is 2. The van der Waals surface area contributed by atoms with Gasteiger partial charge in [0.15, 0.2) is 0 Å². The molecule has 1 saturated heterocycles. The van der Waals surface area contributed by atoms with Crippen LogP contribution in [0.4, 0.5) is 0 Å². The Morgan fingerprint density at radius 3 is 2.54 bits per heavy atom. The third-order valence-electron chi connectivity index (χ3n) is 5.19. The molecule has 0 spiro atoms. The first-order valence-corrected chi connectivity index (χ1v) is 10.0. The van der Waals surface area contributed by atoms with E-state index in [0.717, 1.165) is 48.1 Å². The van der Waals surface area contributed by atoms with E-state index in [4.69, 9.17) is 9.47 Å². The number of benzene rings is 1. The average Bonchev–Trinajstić information content (AvgIpc) is 3.21. The van der Waals surface area contributed by atoms with Crippen molar-refractivity contribution in [1.29, 1.82) is 0 Å². The minimum Gasteiger partial charge on any atom is -0.497 e. The molecule has 0 radical (unpaired) electrons. The number of piperazine rings is 1. The summed E-state index contributed by atoms with van der Waals surface area (Å²) < 4.78 is 12.6. The Labute approximate surface area is 167 Å². The maximum atomic E-state index is 10.9. The zero-order valence-electron chi connectivity index (χ0n) is 16.5. The molecule has 28 heavy (non-hydrogen) atoms. The van der Waals surface area contributed by atoms with E-state index in [1.165, 1.54) is 15.9 Å². The molecule has 150 valence electrons. The van der Waals surface area contributed by atoms with Crippen molar-refractivity contribution >= 4 is 16.3 Å². The summed E-state index contributed by atoms with van der Waals surface area (Å²) in [6.45, 7) is 5.54. The maximum absolute atomic E-state index is 10.9. The van der Waals surface area contributed by atoms with Crippen molar-refractivity contribution in [3.8, 4) is 17.4 Å². The number of rotatable bonds is 5. The third-order valence-corrected chi connectivity index (χ3v) is 6.26. The first kappa shape index (κ1) is 19.0. The number of fused-ring (bicyclic) bond motifs is 1. The lowest BCUT2D eigenvalue weighted by Gasteiger charge is -2.38. The Bertz CT molecular complexity index is 978. The number of nitrogens with zero attached hydrogens (tertiary/aromatic N) is 5. The molecule has 1 fully saturated rings. The molecule has 0 saturated carbocycles. The van der Waals surface area contributed by atoms with Gasteiger partial charge in [0.1, 0.15) is 17.3 Å². The SMILES string of the molecule is COc1ccc([C@@H](c2sc3nc(C)nn3c2O)N2CCN(C)CC2)c(OC)c1. The molecule has 3 aromatic rings. The summed E-state index contributed by atoms with van der Waals surface area (Å²) in [4.78, 5) is 10.6. The lowest BCUT2D eigenvalue weighted by molar-refractivity contribution is 0.126. The van der Waals surface area contributed by atoms with Gasteiger partial charge >= 0.3 is 0 Å². The van der Waals surface area contributed by atoms with Crippen LogP contribution in [0.5, 0.6) is 17.4 Å². The van der Waals surface area contributed by atoms with Gasteiger partial charge in [0.05, 0.1) is 25.1 Å². The van der Waals surface area contributed by atoms with Gasteiger partial charge in [-0.25, -0.2) is 4.98 Å². The van der Waals surface area contributed by atoms with Crippen LogP contribution in [0.2, 0.25) is 0 Å². The molecule has 1 aromatic carbocycles. The average molecular weight is 404 g/mol. The van der Waals surface area contributed by atoms with Crippen molar-refractivity contribution in [1.82, 2.24) is 24.4 Å². The highest BCUT2D eigenvalue weighted by atomic mass is 32.1. The molecule has 1 N–H and O–H groups in total. The highest BCUT2D eigenvalue weighted by Gasteiger charge is 2.33. The second kappa shape index (κ2) is 7.57. The quantitative estimate of drug-likeness (QED) is 0.700. The molecule has 1 aliphatic heterocycles. The second-order valence-electron chi connectivity index (χ2n) is 6.99. The molecule has 8 nitrogen and oxygen atoms in total. The minimum atomic E-state index is -0.150. The molecular formula is C19H25N5O3S. The summed E-state index contributed by atoms with van der Waals surface area (Å²) in [6, 6.07) is 5.68. The molecule has 1 atom stereocenters. The smallest absolute Gasteiger partial charge is 0.230 e. The molecule has 0 aliphatic carbocycles. The molecule has 0 amide bonds. The van der Waals surface area contributed by atoms with E-state index in [-0.39, 0.29) is 11.9 Å². The van der Waals surface area contributed by atoms with Gasteiger partial charge < -0.3 is 19.5 Å². The van der Waals surface area contributed by atoms with Gasteiger partial charge in [-0.15, -0.1) is 5.10 Å². The number of aromatic nitrogens is 3. The Balaban J connectivity index is 1.84. The number of aryl methyl sites for hydroxylation is 1. The van der Waals surface area contributed by atoms with Crippen molar-refractivity contribution in [2.24, 2.45) is 0 Å². The fourth-order valence-electron chi connectivity index (χ4n) is 3.65. The van der Waals surface area contributed by atoms with Crippen molar-refractivity contribution in [3.63, 3.8) is 0 Å². The number of aromatic hydroxyl groups is 1. The lowest BCUT2D eigenvalue weighted by Crippen LogP contribution is -2.46. The molecule has 2 aromatic heterocycles. The van der Waals surface area contributed by atoms with Crippen LogP contribution in [0.25, 0.3) is 4.96 Å². The number of likely N-dealkylation sites (N-methyl/N-ethyl adjacent to an activating group) is 1. The van der Waals surface area contributed by atoms with E-state index in [9.17, 15) is 5.11 Å². The summed E-state index contributed by atoms with van der Waals surface area (Å²) in [7, 11) is 5.43. The van der Waals surface area contributed by atoms with Gasteiger partial charge in [-0.3, -0.25) is 4.90 Å². The third kappa shape index (κ3) is 3.30. The van der Waals surface area contributed by atoms with Crippen LogP contribution in [0.15, 0.2) is 18.2 Å². The van der Waals surface area contributed by atoms with Gasteiger partial charge in [0.2, 0.25) is 10.8 Å². The standard InChI is InChI=1S/C19H25N5O3S/c1-12-20-19-24(21-12)18(25)17(28-19)16(23-9-7-22(2)8-10-23)14-6-5-13(26-3)11-15(14)27-4/h5-6,11,16,25H,7-10H2,1-4H3/t16-/m0/s1. The van der Waals surface area contributed by atoms with Crippen molar-refractivity contribution in [2.75, 3.05) is 47.4 Å². The van der Waals surface area contributed by atoms with Crippen LogP contribution < -0.4 is 9.47 Å². The van der Waals surface area contributed by atoms with Crippen molar-refractivity contribution in [3.05, 3.63) is 34.5 Å². The molecule has 9 heteroatoms. The Morgan fingerprint density at radius 1 is 1.14 bits per heavy atom. The van der Waals surface area contributed by atoms with Gasteiger partial charge in [-0.1, -0.05) is 11.3 Å². The normalized spacial score (nSPS) is 17.1. The number of methoxy groups -OCH3 is 2. The predicted molar refractivity (Wildman–Crippen MR) is 108 cm³/mol. The van der Waals surface area contributed by atoms with Crippen LogP contribution in [0.1, 0.15) is 22.3 Å². The Hall–Kier alpha value is -2.36. The van der Waals surface area contributed by atoms with Gasteiger partial charge in [0, 0.05) is 37.8 Å². The summed E-state index contributed by atoms with van der Waals surface area (Å²) in [5, 5.41) is 15.3. The molecule has 0 unspecified atom stereocenters. The molecule has 4 rings (SSSR count). The van der Waals surface area contributed by atoms with E-state index in [1.807, 2.05) is 25.1 Å². The van der Waals surface area contributed by atoms with E-state index in [2.05, 4.69) is 26.9 Å². The van der Waals surface area contributed by atoms with E-state index < -0.39 is 0 Å². The maximum Gasteiger partial charge on any atom is 0.230 e. The van der Waals surface area contributed by atoms with E-state index >= 15 is 0 Å². The van der Waals surface area contributed by atoms with Crippen LogP contribution >= 0.6 is 11.3 Å². The molecule has 0 bridgehead atoms. The summed E-state index contributed by atoms with van der Waals surface area (Å²) in [6.07, 6.45) is 0. The number of hydrogen-bond acceptors (Lipinski definition) is 8. The monoisotopic (exact) mass is 403 g/mol. The van der Waals surface area contributed by atoms with Crippen molar-refractivity contribution in [2.45, 2.75) is 13.0 Å². The van der Waals surface area contributed by atoms with Crippen LogP contribution in [-0.2, 0) is 0 Å². The second-order valence-corrected chi connectivity index (χ2v) is 8.00. The van der Waals surface area contributed by atoms with Crippen LogP contribution in [0.3, 0.4) is 0 Å². The largest absolute Gasteiger partial charge is 0.497 e. The highest BCUT2D eigenvalue weighted by molar-refractivity contribution is 7.17. The lowest BCUT2D eigenvalue weighted by atomic mass is 10.0. The molecule has 3 heterocycles. The Morgan fingerprint density at radius 2 is 1.89 bits per heavy atom. The topological polar surface area (TPSA) is 75.4 Å². The van der Waals surface area contributed by atoms with Crippen LogP contribution in [0, 0.1) is 6.92 Å². The van der Waals surface area contributed by atoms with E-state index in [0.29, 0.717) is 10.8 Å². The van der Waals surface area contributed by atoms with Gasteiger partial charge in [-0.05, 0) is 26.1 Å². The van der Waals surface area contributed by atoms with E-state index in [1.54, 1.807) is 14.2 Å². The number of thiazole rings is 1. The first-order chi connectivity index (χ1) is 13.5. The fourth-order valence-corrected chi connectivity index (χ4v) is 4.81. The summed E-state index contributed by atoms with van der Waals surface area (Å²) >= 11 is 1.47. The summed E-state index contributed by atoms with van der Waals surface area (Å²) in [5.74, 6) is 2.26.